The number of benzene rings is 1. The zero-order chi connectivity index (χ0) is 14.4. The molecule has 0 aliphatic carbocycles. The van der Waals surface area contributed by atoms with E-state index in [9.17, 15) is 9.90 Å². The van der Waals surface area contributed by atoms with E-state index in [0.717, 1.165) is 18.4 Å². The average molecular weight is 314 g/mol. The van der Waals surface area contributed by atoms with Crippen LogP contribution in [0.3, 0.4) is 0 Å². The summed E-state index contributed by atoms with van der Waals surface area (Å²) in [4.78, 5) is 13.9. The van der Waals surface area contributed by atoms with Gasteiger partial charge in [-0.3, -0.25) is 0 Å². The second-order valence-corrected chi connectivity index (χ2v) is 6.72. The number of carboxylic acids is 1. The molecule has 5 heteroatoms. The molecule has 2 saturated heterocycles. The van der Waals surface area contributed by atoms with Crippen LogP contribution in [0.15, 0.2) is 12.1 Å². The van der Waals surface area contributed by atoms with Gasteiger partial charge in [0.15, 0.2) is 0 Å². The van der Waals surface area contributed by atoms with Crippen LogP contribution in [0, 0.1) is 0 Å². The molecule has 1 N–H and O–H groups in total. The quantitative estimate of drug-likeness (QED) is 0.896. The van der Waals surface area contributed by atoms with Gasteiger partial charge < -0.3 is 10.0 Å². The second kappa shape index (κ2) is 5.21. The number of carbonyl (C=O) groups is 1. The first kappa shape index (κ1) is 14.2. The van der Waals surface area contributed by atoms with Gasteiger partial charge in [-0.1, -0.05) is 23.2 Å². The molecular weight excluding hydrogens is 297 g/mol. The molecule has 2 atom stereocenters. The molecule has 20 heavy (non-hydrogen) atoms. The van der Waals surface area contributed by atoms with Crippen molar-refractivity contribution in [2.24, 2.45) is 0 Å². The highest BCUT2D eigenvalue weighted by molar-refractivity contribution is 6.35. The first-order valence-corrected chi connectivity index (χ1v) is 7.67. The van der Waals surface area contributed by atoms with Gasteiger partial charge in [-0.15, -0.1) is 0 Å². The van der Waals surface area contributed by atoms with E-state index in [4.69, 9.17) is 23.2 Å². The standard InChI is InChI=1S/C15H17Cl2NO2/c1-18-10-2-3-11(18)5-8(4-10)14-12(15(19)20)6-9(16)7-13(14)17/h6-8,10-11H,2-5H2,1H3,(H,19,20)/t10-,11-/m1/s1. The molecule has 3 nitrogen and oxygen atoms in total. The monoisotopic (exact) mass is 313 g/mol. The molecule has 0 unspecified atom stereocenters. The van der Waals surface area contributed by atoms with Crippen LogP contribution in [0.5, 0.6) is 0 Å². The molecule has 2 fully saturated rings. The van der Waals surface area contributed by atoms with E-state index in [1.54, 1.807) is 6.07 Å². The van der Waals surface area contributed by atoms with E-state index in [0.29, 0.717) is 22.1 Å². The van der Waals surface area contributed by atoms with E-state index >= 15 is 0 Å². The molecule has 2 heterocycles. The Hall–Kier alpha value is -0.770. The summed E-state index contributed by atoms with van der Waals surface area (Å²) in [5.41, 5.74) is 1.03. The van der Waals surface area contributed by atoms with Crippen LogP contribution in [0.2, 0.25) is 10.0 Å². The molecule has 1 aromatic rings. The van der Waals surface area contributed by atoms with Gasteiger partial charge in [-0.2, -0.15) is 0 Å². The topological polar surface area (TPSA) is 40.5 Å². The van der Waals surface area contributed by atoms with Gasteiger partial charge in [0, 0.05) is 22.1 Å². The fourth-order valence-corrected chi connectivity index (χ4v) is 4.47. The van der Waals surface area contributed by atoms with Gasteiger partial charge >= 0.3 is 5.97 Å². The Balaban J connectivity index is 2.00. The molecule has 2 bridgehead atoms. The summed E-state index contributed by atoms with van der Waals surface area (Å²) < 4.78 is 0. The summed E-state index contributed by atoms with van der Waals surface area (Å²) in [5, 5.41) is 10.3. The average Bonchev–Trinajstić information content (AvgIpc) is 2.61. The van der Waals surface area contributed by atoms with Crippen molar-refractivity contribution in [3.63, 3.8) is 0 Å². The maximum Gasteiger partial charge on any atom is 0.336 e. The van der Waals surface area contributed by atoms with Gasteiger partial charge in [0.05, 0.1) is 5.56 Å². The van der Waals surface area contributed by atoms with Gasteiger partial charge in [0.25, 0.3) is 0 Å². The molecule has 0 radical (unpaired) electrons. The van der Waals surface area contributed by atoms with Gasteiger partial charge in [-0.25, -0.2) is 4.79 Å². The van der Waals surface area contributed by atoms with Gasteiger partial charge in [-0.05, 0) is 56.3 Å². The number of hydrogen-bond donors (Lipinski definition) is 1. The minimum atomic E-state index is -0.948. The third-order valence-electron chi connectivity index (χ3n) is 4.83. The van der Waals surface area contributed by atoms with Crippen LogP contribution < -0.4 is 0 Å². The Morgan fingerprint density at radius 3 is 2.40 bits per heavy atom. The van der Waals surface area contributed by atoms with Crippen molar-refractivity contribution in [1.29, 1.82) is 0 Å². The summed E-state index contributed by atoms with van der Waals surface area (Å²) in [6.07, 6.45) is 4.36. The van der Waals surface area contributed by atoms with Crippen molar-refractivity contribution < 1.29 is 9.90 Å². The van der Waals surface area contributed by atoms with E-state index in [1.165, 1.54) is 18.9 Å². The van der Waals surface area contributed by atoms with E-state index in [-0.39, 0.29) is 11.5 Å². The SMILES string of the molecule is CN1[C@@H]2CC[C@@H]1CC(c1c(Cl)cc(Cl)cc1C(=O)O)C2. The van der Waals surface area contributed by atoms with Crippen LogP contribution in [0.1, 0.15) is 47.5 Å². The predicted octanol–water partition coefficient (Wildman–Crippen LogP) is 4.03. The Bertz CT molecular complexity index is 547. The fraction of sp³-hybridized carbons (Fsp3) is 0.533. The molecule has 0 spiro atoms. The number of carboxylic acid groups (broad SMARTS) is 1. The predicted molar refractivity (Wildman–Crippen MR) is 80.0 cm³/mol. The first-order chi connectivity index (χ1) is 9.47. The minimum absolute atomic E-state index is 0.222. The van der Waals surface area contributed by atoms with Crippen molar-refractivity contribution in [3.8, 4) is 0 Å². The van der Waals surface area contributed by atoms with Crippen LogP contribution >= 0.6 is 23.2 Å². The Morgan fingerprint density at radius 1 is 1.25 bits per heavy atom. The molecule has 3 rings (SSSR count). The van der Waals surface area contributed by atoms with Crippen molar-refractivity contribution in [1.82, 2.24) is 4.90 Å². The van der Waals surface area contributed by atoms with Crippen LogP contribution in [-0.4, -0.2) is 35.1 Å². The molecule has 1 aromatic carbocycles. The normalized spacial score (nSPS) is 29.6. The number of halogens is 2. The smallest absolute Gasteiger partial charge is 0.336 e. The number of aromatic carboxylic acids is 1. The van der Waals surface area contributed by atoms with Crippen molar-refractivity contribution >= 4 is 29.2 Å². The van der Waals surface area contributed by atoms with E-state index in [1.807, 2.05) is 0 Å². The molecule has 2 aliphatic rings. The van der Waals surface area contributed by atoms with E-state index < -0.39 is 5.97 Å². The highest BCUT2D eigenvalue weighted by Gasteiger charge is 2.40. The first-order valence-electron chi connectivity index (χ1n) is 6.91. The van der Waals surface area contributed by atoms with Gasteiger partial charge in [0.1, 0.15) is 0 Å². The fourth-order valence-electron chi connectivity index (χ4n) is 3.82. The Morgan fingerprint density at radius 2 is 1.85 bits per heavy atom. The third-order valence-corrected chi connectivity index (χ3v) is 5.36. The number of piperidine rings is 1. The van der Waals surface area contributed by atoms with Crippen molar-refractivity contribution in [3.05, 3.63) is 33.3 Å². The summed E-state index contributed by atoms with van der Waals surface area (Å²) in [6.45, 7) is 0. The maximum atomic E-state index is 11.5. The lowest BCUT2D eigenvalue weighted by molar-refractivity contribution is 0.0693. The molecule has 0 saturated carbocycles. The molecule has 108 valence electrons. The largest absolute Gasteiger partial charge is 0.478 e. The molecule has 2 aliphatic heterocycles. The van der Waals surface area contributed by atoms with Crippen LogP contribution in [0.25, 0.3) is 0 Å². The van der Waals surface area contributed by atoms with Crippen LogP contribution in [0.4, 0.5) is 0 Å². The second-order valence-electron chi connectivity index (χ2n) is 5.87. The van der Waals surface area contributed by atoms with E-state index in [2.05, 4.69) is 11.9 Å². The summed E-state index contributed by atoms with van der Waals surface area (Å²) in [6, 6.07) is 4.27. The number of fused-ring (bicyclic) bond motifs is 2. The summed E-state index contributed by atoms with van der Waals surface area (Å²) in [5.74, 6) is -0.727. The number of rotatable bonds is 2. The highest BCUT2D eigenvalue weighted by atomic mass is 35.5. The van der Waals surface area contributed by atoms with Crippen molar-refractivity contribution in [2.45, 2.75) is 43.7 Å². The number of hydrogen-bond acceptors (Lipinski definition) is 2. The molecule has 0 amide bonds. The Kier molecular flexibility index (Phi) is 3.69. The number of nitrogens with zero attached hydrogens (tertiary/aromatic N) is 1. The summed E-state index contributed by atoms with van der Waals surface area (Å²) in [7, 11) is 2.17. The lowest BCUT2D eigenvalue weighted by Gasteiger charge is -2.37. The third kappa shape index (κ3) is 2.32. The van der Waals surface area contributed by atoms with Crippen LogP contribution in [-0.2, 0) is 0 Å². The zero-order valence-electron chi connectivity index (χ0n) is 11.3. The lowest BCUT2D eigenvalue weighted by atomic mass is 9.83. The van der Waals surface area contributed by atoms with Gasteiger partial charge in [0.2, 0.25) is 0 Å². The Labute approximate surface area is 128 Å². The summed E-state index contributed by atoms with van der Waals surface area (Å²) >= 11 is 12.2. The molecule has 0 aromatic heterocycles. The minimum Gasteiger partial charge on any atom is -0.478 e. The van der Waals surface area contributed by atoms with Crippen molar-refractivity contribution in [2.75, 3.05) is 7.05 Å². The maximum absolute atomic E-state index is 11.5. The molecular formula is C15H17Cl2NO2. The zero-order valence-corrected chi connectivity index (χ0v) is 12.8. The lowest BCUT2D eigenvalue weighted by Crippen LogP contribution is -2.39. The highest BCUT2D eigenvalue weighted by Crippen LogP contribution is 2.45.